The van der Waals surface area contributed by atoms with Crippen LogP contribution >= 0.6 is 0 Å². The molecule has 1 fully saturated rings. The summed E-state index contributed by atoms with van der Waals surface area (Å²) in [5.41, 5.74) is 0. The van der Waals surface area contributed by atoms with Crippen LogP contribution in [0, 0.1) is 0 Å². The van der Waals surface area contributed by atoms with E-state index in [0.717, 1.165) is 12.8 Å². The zero-order valence-corrected chi connectivity index (χ0v) is 6.60. The molecule has 0 aromatic rings. The molecule has 0 aromatic heterocycles. The zero-order valence-electron chi connectivity index (χ0n) is 6.60. The molecule has 0 aliphatic heterocycles. The molecule has 1 heteroatoms. The molecule has 0 aromatic carbocycles. The van der Waals surface area contributed by atoms with Gasteiger partial charge in [-0.3, -0.25) is 0 Å². The average molecular weight is 134 g/mol. The second kappa shape index (κ2) is 3.27. The Hall–Kier alpha value is -0.195. The van der Waals surface area contributed by atoms with E-state index in [-0.39, 0.29) is 5.31 Å². The standard InChI is InChI=1S/C9H15B/c1-2-9(10)7-5-3-4-6-8-9/h2H,1,3-8H2. The zero-order chi connectivity index (χ0) is 7.45. The molecule has 0 saturated heterocycles. The second-order valence-electron chi connectivity index (χ2n) is 3.35. The normalized spacial score (nSPS) is 25.2. The van der Waals surface area contributed by atoms with Crippen LogP contribution in [0.2, 0.25) is 5.31 Å². The summed E-state index contributed by atoms with van der Waals surface area (Å²) in [6.07, 6.45) is 9.47. The first kappa shape index (κ1) is 7.91. The van der Waals surface area contributed by atoms with Crippen LogP contribution in [0.4, 0.5) is 0 Å². The van der Waals surface area contributed by atoms with Crippen molar-refractivity contribution in [1.82, 2.24) is 0 Å². The molecular weight excluding hydrogens is 119 g/mol. The van der Waals surface area contributed by atoms with E-state index in [2.05, 4.69) is 6.58 Å². The van der Waals surface area contributed by atoms with E-state index in [1.165, 1.54) is 25.7 Å². The van der Waals surface area contributed by atoms with Crippen molar-refractivity contribution in [1.29, 1.82) is 0 Å². The van der Waals surface area contributed by atoms with Crippen LogP contribution in [-0.2, 0) is 0 Å². The third-order valence-electron chi connectivity index (χ3n) is 2.44. The van der Waals surface area contributed by atoms with Gasteiger partial charge in [-0.2, -0.15) is 0 Å². The fraction of sp³-hybridized carbons (Fsp3) is 0.778. The van der Waals surface area contributed by atoms with Gasteiger partial charge in [0.15, 0.2) is 0 Å². The van der Waals surface area contributed by atoms with Crippen LogP contribution in [0.5, 0.6) is 0 Å². The lowest BCUT2D eigenvalue weighted by molar-refractivity contribution is 0.584. The Labute approximate surface area is 65.1 Å². The molecule has 0 N–H and O–H groups in total. The van der Waals surface area contributed by atoms with E-state index in [1.807, 2.05) is 6.08 Å². The Morgan fingerprint density at radius 1 is 1.10 bits per heavy atom. The van der Waals surface area contributed by atoms with E-state index in [1.54, 1.807) is 0 Å². The fourth-order valence-corrected chi connectivity index (χ4v) is 1.59. The highest BCUT2D eigenvalue weighted by Gasteiger charge is 2.20. The summed E-state index contributed by atoms with van der Waals surface area (Å²) >= 11 is 0. The molecule has 0 bridgehead atoms. The molecule has 54 valence electrons. The molecule has 2 radical (unpaired) electrons. The van der Waals surface area contributed by atoms with Gasteiger partial charge in [-0.1, -0.05) is 44.6 Å². The minimum Gasteiger partial charge on any atom is -0.103 e. The second-order valence-corrected chi connectivity index (χ2v) is 3.35. The first-order valence-electron chi connectivity index (χ1n) is 4.19. The van der Waals surface area contributed by atoms with E-state index in [0.29, 0.717) is 0 Å². The number of allylic oxidation sites excluding steroid dienone is 1. The number of rotatable bonds is 1. The lowest BCUT2D eigenvalue weighted by atomic mass is 9.64. The maximum Gasteiger partial charge on any atom is 0.0801 e. The quantitative estimate of drug-likeness (QED) is 0.294. The van der Waals surface area contributed by atoms with E-state index in [9.17, 15) is 0 Å². The van der Waals surface area contributed by atoms with Crippen molar-refractivity contribution in [3.05, 3.63) is 12.7 Å². The summed E-state index contributed by atoms with van der Waals surface area (Å²) in [6, 6.07) is 0. The van der Waals surface area contributed by atoms with Crippen LogP contribution in [0.15, 0.2) is 12.7 Å². The van der Waals surface area contributed by atoms with Crippen molar-refractivity contribution in [3.8, 4) is 0 Å². The Morgan fingerprint density at radius 3 is 2.00 bits per heavy atom. The monoisotopic (exact) mass is 134 g/mol. The van der Waals surface area contributed by atoms with Crippen molar-refractivity contribution in [3.63, 3.8) is 0 Å². The van der Waals surface area contributed by atoms with Gasteiger partial charge in [-0.05, 0) is 5.31 Å². The molecule has 0 amide bonds. The Morgan fingerprint density at radius 2 is 1.60 bits per heavy atom. The SMILES string of the molecule is [B]C1(C=C)CCCCCC1. The van der Waals surface area contributed by atoms with Crippen LogP contribution in [0.3, 0.4) is 0 Å². The van der Waals surface area contributed by atoms with Crippen LogP contribution < -0.4 is 0 Å². The van der Waals surface area contributed by atoms with Crippen LogP contribution in [-0.4, -0.2) is 7.85 Å². The topological polar surface area (TPSA) is 0 Å². The summed E-state index contributed by atoms with van der Waals surface area (Å²) in [5, 5.41) is -0.0312. The Bertz CT molecular complexity index is 110. The fourth-order valence-electron chi connectivity index (χ4n) is 1.59. The van der Waals surface area contributed by atoms with Gasteiger partial charge in [-0.25, -0.2) is 0 Å². The number of hydrogen-bond donors (Lipinski definition) is 0. The van der Waals surface area contributed by atoms with Crippen molar-refractivity contribution < 1.29 is 0 Å². The molecule has 0 spiro atoms. The maximum absolute atomic E-state index is 6.04. The molecule has 1 saturated carbocycles. The van der Waals surface area contributed by atoms with Crippen molar-refractivity contribution >= 4 is 7.85 Å². The summed E-state index contributed by atoms with van der Waals surface area (Å²) in [5.74, 6) is 0. The largest absolute Gasteiger partial charge is 0.103 e. The Balaban J connectivity index is 2.48. The highest BCUT2D eigenvalue weighted by atomic mass is 14.2. The molecule has 0 heterocycles. The van der Waals surface area contributed by atoms with Gasteiger partial charge in [0.2, 0.25) is 0 Å². The van der Waals surface area contributed by atoms with Gasteiger partial charge in [0.1, 0.15) is 0 Å². The summed E-state index contributed by atoms with van der Waals surface area (Å²) in [7, 11) is 6.04. The lowest BCUT2D eigenvalue weighted by Crippen LogP contribution is -2.07. The Kier molecular flexibility index (Phi) is 2.59. The van der Waals surface area contributed by atoms with E-state index >= 15 is 0 Å². The summed E-state index contributed by atoms with van der Waals surface area (Å²) < 4.78 is 0. The third kappa shape index (κ3) is 1.90. The first-order valence-corrected chi connectivity index (χ1v) is 4.19. The van der Waals surface area contributed by atoms with Crippen LogP contribution in [0.1, 0.15) is 38.5 Å². The average Bonchev–Trinajstić information content (AvgIpc) is 2.15. The van der Waals surface area contributed by atoms with Gasteiger partial charge in [0.05, 0.1) is 7.85 Å². The van der Waals surface area contributed by atoms with Crippen molar-refractivity contribution in [2.24, 2.45) is 0 Å². The van der Waals surface area contributed by atoms with E-state index in [4.69, 9.17) is 7.85 Å². The van der Waals surface area contributed by atoms with Gasteiger partial charge >= 0.3 is 0 Å². The smallest absolute Gasteiger partial charge is 0.0801 e. The third-order valence-corrected chi connectivity index (χ3v) is 2.44. The molecule has 0 atom stereocenters. The molecule has 0 unspecified atom stereocenters. The van der Waals surface area contributed by atoms with Gasteiger partial charge in [-0.15, -0.1) is 6.58 Å². The number of hydrogen-bond acceptors (Lipinski definition) is 0. The molecular formula is C9H15B. The maximum atomic E-state index is 6.04. The minimum atomic E-state index is -0.0312. The highest BCUT2D eigenvalue weighted by molar-refractivity contribution is 6.16. The molecule has 1 aliphatic carbocycles. The van der Waals surface area contributed by atoms with Crippen molar-refractivity contribution in [2.75, 3.05) is 0 Å². The van der Waals surface area contributed by atoms with Gasteiger partial charge in [0.25, 0.3) is 0 Å². The summed E-state index contributed by atoms with van der Waals surface area (Å²) in [4.78, 5) is 0. The highest BCUT2D eigenvalue weighted by Crippen LogP contribution is 2.39. The van der Waals surface area contributed by atoms with Gasteiger partial charge in [0, 0.05) is 0 Å². The molecule has 1 aliphatic rings. The molecule has 0 nitrogen and oxygen atoms in total. The first-order chi connectivity index (χ1) is 4.77. The molecule has 1 rings (SSSR count). The minimum absolute atomic E-state index is 0.0312. The van der Waals surface area contributed by atoms with E-state index < -0.39 is 0 Å². The molecule has 10 heavy (non-hydrogen) atoms. The predicted molar refractivity (Wildman–Crippen MR) is 46.3 cm³/mol. The lowest BCUT2D eigenvalue weighted by Gasteiger charge is -2.23. The van der Waals surface area contributed by atoms with Crippen LogP contribution in [0.25, 0.3) is 0 Å². The predicted octanol–water partition coefficient (Wildman–Crippen LogP) is 2.85. The summed E-state index contributed by atoms with van der Waals surface area (Å²) in [6.45, 7) is 3.77. The van der Waals surface area contributed by atoms with Crippen molar-refractivity contribution in [2.45, 2.75) is 43.8 Å². The van der Waals surface area contributed by atoms with Gasteiger partial charge < -0.3 is 0 Å².